The van der Waals surface area contributed by atoms with E-state index in [1.807, 2.05) is 36.5 Å². The first-order chi connectivity index (χ1) is 14.0. The number of hydrazine groups is 1. The molecule has 1 N–H and O–H groups in total. The van der Waals surface area contributed by atoms with Gasteiger partial charge in [-0.15, -0.1) is 0 Å². The number of likely N-dealkylation sites (N-methyl/N-ethyl adjacent to an activating group) is 1. The largest absolute Gasteiger partial charge is 0.486 e. The second kappa shape index (κ2) is 8.97. The van der Waals surface area contributed by atoms with Crippen molar-refractivity contribution in [1.29, 1.82) is 5.26 Å². The molecular weight excluding hydrogens is 372 g/mol. The summed E-state index contributed by atoms with van der Waals surface area (Å²) >= 11 is 0. The van der Waals surface area contributed by atoms with E-state index < -0.39 is 17.9 Å². The number of amides is 2. The van der Waals surface area contributed by atoms with E-state index >= 15 is 0 Å². The number of benzene rings is 2. The fourth-order valence-electron chi connectivity index (χ4n) is 2.92. The van der Waals surface area contributed by atoms with E-state index in [9.17, 15) is 9.59 Å². The molecule has 0 aliphatic carbocycles. The van der Waals surface area contributed by atoms with E-state index in [0.717, 1.165) is 10.6 Å². The molecule has 2 amide bonds. The third kappa shape index (κ3) is 4.76. The summed E-state index contributed by atoms with van der Waals surface area (Å²) in [5.41, 5.74) is 1.25. The minimum atomic E-state index is -0.848. The predicted molar refractivity (Wildman–Crippen MR) is 105 cm³/mol. The molecule has 0 unspecified atom stereocenters. The Labute approximate surface area is 169 Å². The fraction of sp³-hybridized carbons (Fsp3) is 0.286. The van der Waals surface area contributed by atoms with Gasteiger partial charge in [-0.1, -0.05) is 30.3 Å². The van der Waals surface area contributed by atoms with Gasteiger partial charge in [-0.3, -0.25) is 9.59 Å². The summed E-state index contributed by atoms with van der Waals surface area (Å²) in [5, 5.41) is 14.1. The van der Waals surface area contributed by atoms with Crippen LogP contribution in [0.25, 0.3) is 0 Å². The Morgan fingerprint density at radius 1 is 1.10 bits per heavy atom. The Kier molecular flexibility index (Phi) is 6.19. The molecule has 2 aromatic rings. The number of hydrogen-bond donors (Lipinski definition) is 1. The summed E-state index contributed by atoms with van der Waals surface area (Å²) in [6.45, 7) is 0.878. The molecule has 8 heteroatoms. The average Bonchev–Trinajstić information content (AvgIpc) is 2.77. The summed E-state index contributed by atoms with van der Waals surface area (Å²) < 4.78 is 11.0. The van der Waals surface area contributed by atoms with Crippen LogP contribution in [0.2, 0.25) is 0 Å². The topological polar surface area (TPSA) is 94.9 Å². The summed E-state index contributed by atoms with van der Waals surface area (Å²) in [4.78, 5) is 25.8. The second-order valence-electron chi connectivity index (χ2n) is 6.56. The zero-order valence-corrected chi connectivity index (χ0v) is 16.3. The summed E-state index contributed by atoms with van der Waals surface area (Å²) in [6.07, 6.45) is 2.17. The minimum absolute atomic E-state index is 0.291. The van der Waals surface area contributed by atoms with Crippen molar-refractivity contribution in [3.63, 3.8) is 0 Å². The van der Waals surface area contributed by atoms with E-state index in [2.05, 4.69) is 5.32 Å². The molecule has 0 radical (unpaired) electrons. The van der Waals surface area contributed by atoms with Crippen LogP contribution >= 0.6 is 0 Å². The number of rotatable bonds is 6. The zero-order valence-electron chi connectivity index (χ0n) is 16.3. The van der Waals surface area contributed by atoms with E-state index in [1.165, 1.54) is 19.1 Å². The molecule has 1 aliphatic heterocycles. The van der Waals surface area contributed by atoms with Gasteiger partial charge in [-0.25, -0.2) is 10.0 Å². The lowest BCUT2D eigenvalue weighted by Gasteiger charge is -2.28. The number of hydrogen-bond acceptors (Lipinski definition) is 6. The molecule has 1 aliphatic rings. The maximum Gasteiger partial charge on any atom is 0.264 e. The van der Waals surface area contributed by atoms with Gasteiger partial charge in [0, 0.05) is 26.1 Å². The van der Waals surface area contributed by atoms with Gasteiger partial charge < -0.3 is 14.8 Å². The monoisotopic (exact) mass is 394 g/mol. The highest BCUT2D eigenvalue weighted by molar-refractivity contribution is 5.98. The van der Waals surface area contributed by atoms with Crippen molar-refractivity contribution < 1.29 is 19.1 Å². The molecular formula is C21H22N4O4. The van der Waals surface area contributed by atoms with Crippen LogP contribution in [0.3, 0.4) is 0 Å². The van der Waals surface area contributed by atoms with Gasteiger partial charge in [0.15, 0.2) is 17.7 Å². The summed E-state index contributed by atoms with van der Waals surface area (Å²) in [7, 11) is 2.96. The molecule has 1 heterocycles. The SMILES string of the molecule is CN(C#N)N(C)C(=O)[C@H](Cc1ccccc1)NC(=O)c1ccc2c(c1)OCCO2. The van der Waals surface area contributed by atoms with Crippen LogP contribution in [-0.2, 0) is 11.2 Å². The molecule has 0 saturated heterocycles. The van der Waals surface area contributed by atoms with E-state index in [-0.39, 0.29) is 0 Å². The molecule has 150 valence electrons. The van der Waals surface area contributed by atoms with Crippen molar-refractivity contribution in [1.82, 2.24) is 15.3 Å². The Balaban J connectivity index is 1.81. The highest BCUT2D eigenvalue weighted by atomic mass is 16.6. The summed E-state index contributed by atoms with van der Waals surface area (Å²) in [5.74, 6) is 0.268. The Hall–Kier alpha value is -3.73. The van der Waals surface area contributed by atoms with Gasteiger partial charge in [0.25, 0.3) is 11.8 Å². The predicted octanol–water partition coefficient (Wildman–Crippen LogP) is 1.59. The Morgan fingerprint density at radius 2 is 1.79 bits per heavy atom. The standard InChI is InChI=1S/C21H22N4O4/c1-24(14-22)25(2)21(27)17(12-15-6-4-3-5-7-15)23-20(26)16-8-9-18-19(13-16)29-11-10-28-18/h3-9,13,17H,10-12H2,1-2H3,(H,23,26)/t17-/m0/s1. The van der Waals surface area contributed by atoms with Gasteiger partial charge >= 0.3 is 0 Å². The van der Waals surface area contributed by atoms with Crippen molar-refractivity contribution in [3.8, 4) is 17.7 Å². The fourth-order valence-corrected chi connectivity index (χ4v) is 2.92. The number of carbonyl (C=O) groups excluding carboxylic acids is 2. The lowest BCUT2D eigenvalue weighted by atomic mass is 10.0. The highest BCUT2D eigenvalue weighted by Gasteiger charge is 2.27. The third-order valence-corrected chi connectivity index (χ3v) is 4.60. The van der Waals surface area contributed by atoms with Crippen LogP contribution in [0, 0.1) is 11.5 Å². The molecule has 0 aromatic heterocycles. The number of nitrogens with one attached hydrogen (secondary N) is 1. The number of ether oxygens (including phenoxy) is 2. The molecule has 0 fully saturated rings. The van der Waals surface area contributed by atoms with Gasteiger partial charge in [0.05, 0.1) is 0 Å². The Morgan fingerprint density at radius 3 is 2.48 bits per heavy atom. The molecule has 0 saturated carbocycles. The number of fused-ring (bicyclic) bond motifs is 1. The van der Waals surface area contributed by atoms with Crippen LogP contribution in [0.15, 0.2) is 48.5 Å². The van der Waals surface area contributed by atoms with Crippen LogP contribution in [0.5, 0.6) is 11.5 Å². The van der Waals surface area contributed by atoms with Crippen molar-refractivity contribution in [3.05, 3.63) is 59.7 Å². The van der Waals surface area contributed by atoms with E-state index in [0.29, 0.717) is 36.7 Å². The molecule has 2 aromatic carbocycles. The first-order valence-electron chi connectivity index (χ1n) is 9.15. The van der Waals surface area contributed by atoms with E-state index in [4.69, 9.17) is 14.7 Å². The zero-order chi connectivity index (χ0) is 20.8. The number of nitrogens with zero attached hydrogens (tertiary/aromatic N) is 3. The maximum absolute atomic E-state index is 12.9. The third-order valence-electron chi connectivity index (χ3n) is 4.60. The molecule has 3 rings (SSSR count). The van der Waals surface area contributed by atoms with Crippen LogP contribution in [0.1, 0.15) is 15.9 Å². The Bertz CT molecular complexity index is 926. The van der Waals surface area contributed by atoms with Crippen molar-refractivity contribution in [2.24, 2.45) is 0 Å². The smallest absolute Gasteiger partial charge is 0.264 e. The number of carbonyl (C=O) groups is 2. The quantitative estimate of drug-likeness (QED) is 0.454. The normalized spacial score (nSPS) is 13.0. The van der Waals surface area contributed by atoms with Crippen molar-refractivity contribution in [2.45, 2.75) is 12.5 Å². The van der Waals surface area contributed by atoms with Gasteiger partial charge in [-0.05, 0) is 23.8 Å². The minimum Gasteiger partial charge on any atom is -0.486 e. The first-order valence-corrected chi connectivity index (χ1v) is 9.15. The molecule has 0 spiro atoms. The molecule has 8 nitrogen and oxygen atoms in total. The lowest BCUT2D eigenvalue weighted by molar-refractivity contribution is -0.141. The van der Waals surface area contributed by atoms with Crippen molar-refractivity contribution in [2.75, 3.05) is 27.3 Å². The molecule has 29 heavy (non-hydrogen) atoms. The van der Waals surface area contributed by atoms with E-state index in [1.54, 1.807) is 18.2 Å². The van der Waals surface area contributed by atoms with Crippen LogP contribution in [-0.4, -0.2) is 55.2 Å². The maximum atomic E-state index is 12.9. The van der Waals surface area contributed by atoms with Crippen LogP contribution in [0.4, 0.5) is 0 Å². The van der Waals surface area contributed by atoms with Crippen molar-refractivity contribution >= 4 is 11.8 Å². The van der Waals surface area contributed by atoms with Gasteiger partial charge in [0.2, 0.25) is 0 Å². The number of nitriles is 1. The van der Waals surface area contributed by atoms with Gasteiger partial charge in [-0.2, -0.15) is 5.26 Å². The summed E-state index contributed by atoms with van der Waals surface area (Å²) in [6, 6.07) is 13.4. The highest BCUT2D eigenvalue weighted by Crippen LogP contribution is 2.30. The molecule has 1 atom stereocenters. The second-order valence-corrected chi connectivity index (χ2v) is 6.56. The first kappa shape index (κ1) is 20.0. The average molecular weight is 394 g/mol. The van der Waals surface area contributed by atoms with Crippen LogP contribution < -0.4 is 14.8 Å². The lowest BCUT2D eigenvalue weighted by Crippen LogP contribution is -2.52. The van der Waals surface area contributed by atoms with Gasteiger partial charge in [0.1, 0.15) is 19.3 Å². The molecule has 0 bridgehead atoms.